The quantitative estimate of drug-likeness (QED) is 0.847. The first-order valence-electron chi connectivity index (χ1n) is 6.37. The maximum atomic E-state index is 5.42. The largest absolute Gasteiger partial charge is 0.381 e. The molecule has 4 nitrogen and oxygen atoms in total. The Hall–Kier alpha value is -1.20. The van der Waals surface area contributed by atoms with Crippen LogP contribution in [0.25, 0.3) is 11.2 Å². The molecule has 1 fully saturated rings. The lowest BCUT2D eigenvalue weighted by atomic mass is 10.0. The zero-order valence-corrected chi connectivity index (χ0v) is 11.3. The van der Waals surface area contributed by atoms with Crippen molar-refractivity contribution in [3.8, 4) is 0 Å². The van der Waals surface area contributed by atoms with Crippen LogP contribution in [0.3, 0.4) is 0 Å². The molecule has 3 rings (SSSR count). The summed E-state index contributed by atoms with van der Waals surface area (Å²) in [4.78, 5) is 7.73. The smallest absolute Gasteiger partial charge is 0.179 e. The van der Waals surface area contributed by atoms with Gasteiger partial charge in [0.1, 0.15) is 0 Å². The van der Waals surface area contributed by atoms with Crippen molar-refractivity contribution in [2.75, 3.05) is 13.2 Å². The van der Waals surface area contributed by atoms with Crippen molar-refractivity contribution in [2.24, 2.45) is 5.92 Å². The molecule has 0 bridgehead atoms. The van der Waals surface area contributed by atoms with Gasteiger partial charge in [-0.3, -0.25) is 0 Å². The molecule has 2 aromatic rings. The molecule has 0 unspecified atom stereocenters. The predicted molar refractivity (Wildman–Crippen MR) is 73.2 cm³/mol. The number of hydrogen-bond acceptors (Lipinski definition) is 3. The van der Waals surface area contributed by atoms with Crippen molar-refractivity contribution >= 4 is 23.4 Å². The minimum absolute atomic E-state index is 0.645. The number of pyridine rings is 1. The minimum atomic E-state index is 0.645. The number of rotatable bonds is 2. The van der Waals surface area contributed by atoms with Gasteiger partial charge in [0.05, 0.1) is 5.52 Å². The first-order chi connectivity index (χ1) is 8.75. The average molecular weight is 263 g/mol. The molecule has 3 heterocycles. The van der Waals surface area contributed by atoms with Gasteiger partial charge < -0.3 is 14.3 Å². The Morgan fingerprint density at radius 3 is 3.06 bits per heavy atom. The fourth-order valence-corrected chi connectivity index (χ4v) is 2.79. The highest BCUT2D eigenvalue weighted by Gasteiger charge is 2.17. The number of fused-ring (bicyclic) bond motifs is 1. The third-order valence-electron chi connectivity index (χ3n) is 3.65. The monoisotopic (exact) mass is 263 g/mol. The van der Waals surface area contributed by atoms with Crippen molar-refractivity contribution in [3.63, 3.8) is 0 Å². The van der Waals surface area contributed by atoms with E-state index in [9.17, 15) is 0 Å². The summed E-state index contributed by atoms with van der Waals surface area (Å²) >= 11 is 5.42. The molecular weight excluding hydrogens is 246 g/mol. The number of aromatic amines is 1. The maximum absolute atomic E-state index is 5.42. The SMILES string of the molecule is Cc1ccnc2c1[nH]c(=S)n2CC1CCOCC1. The molecule has 1 saturated heterocycles. The molecule has 0 amide bonds. The van der Waals surface area contributed by atoms with E-state index < -0.39 is 0 Å². The summed E-state index contributed by atoms with van der Waals surface area (Å²) in [7, 11) is 0. The van der Waals surface area contributed by atoms with Crippen LogP contribution in [-0.2, 0) is 11.3 Å². The zero-order chi connectivity index (χ0) is 12.5. The van der Waals surface area contributed by atoms with E-state index in [0.29, 0.717) is 5.92 Å². The van der Waals surface area contributed by atoms with E-state index in [-0.39, 0.29) is 0 Å². The Bertz CT molecular complexity index is 610. The highest BCUT2D eigenvalue weighted by molar-refractivity contribution is 7.71. The van der Waals surface area contributed by atoms with Gasteiger partial charge in [-0.1, -0.05) is 0 Å². The Morgan fingerprint density at radius 2 is 2.28 bits per heavy atom. The third kappa shape index (κ3) is 2.08. The predicted octanol–water partition coefficient (Wildman–Crippen LogP) is 2.83. The average Bonchev–Trinajstić information content (AvgIpc) is 2.70. The number of H-pyrrole nitrogens is 1. The van der Waals surface area contributed by atoms with Gasteiger partial charge in [-0.15, -0.1) is 0 Å². The van der Waals surface area contributed by atoms with Crippen LogP contribution in [0.1, 0.15) is 18.4 Å². The molecule has 0 atom stereocenters. The topological polar surface area (TPSA) is 42.8 Å². The first kappa shape index (κ1) is 11.9. The van der Waals surface area contributed by atoms with Crippen molar-refractivity contribution in [1.29, 1.82) is 0 Å². The maximum Gasteiger partial charge on any atom is 0.179 e. The van der Waals surface area contributed by atoms with Gasteiger partial charge in [0.15, 0.2) is 10.4 Å². The fourth-order valence-electron chi connectivity index (χ4n) is 2.53. The van der Waals surface area contributed by atoms with Crippen LogP contribution in [0.5, 0.6) is 0 Å². The summed E-state index contributed by atoms with van der Waals surface area (Å²) in [6.07, 6.45) is 4.07. The zero-order valence-electron chi connectivity index (χ0n) is 10.5. The molecular formula is C13H17N3OS. The highest BCUT2D eigenvalue weighted by atomic mass is 32.1. The van der Waals surface area contributed by atoms with E-state index in [1.165, 1.54) is 5.56 Å². The van der Waals surface area contributed by atoms with Crippen LogP contribution >= 0.6 is 12.2 Å². The van der Waals surface area contributed by atoms with Crippen molar-refractivity contribution < 1.29 is 4.74 Å². The fraction of sp³-hybridized carbons (Fsp3) is 0.538. The summed E-state index contributed by atoms with van der Waals surface area (Å²) in [5.41, 5.74) is 3.23. The van der Waals surface area contributed by atoms with Crippen LogP contribution in [-0.4, -0.2) is 27.7 Å². The number of ether oxygens (including phenoxy) is 1. The van der Waals surface area contributed by atoms with Gasteiger partial charge in [-0.05, 0) is 49.5 Å². The van der Waals surface area contributed by atoms with E-state index in [4.69, 9.17) is 17.0 Å². The number of hydrogen-bond donors (Lipinski definition) is 1. The minimum Gasteiger partial charge on any atom is -0.381 e. The van der Waals surface area contributed by atoms with Gasteiger partial charge in [-0.2, -0.15) is 0 Å². The number of aromatic nitrogens is 3. The van der Waals surface area contributed by atoms with E-state index in [1.54, 1.807) is 0 Å². The Kier molecular flexibility index (Phi) is 3.18. The van der Waals surface area contributed by atoms with Crippen LogP contribution in [0.15, 0.2) is 12.3 Å². The molecule has 1 aliphatic rings. The summed E-state index contributed by atoms with van der Waals surface area (Å²) in [5.74, 6) is 0.645. The van der Waals surface area contributed by atoms with Gasteiger partial charge in [0.2, 0.25) is 0 Å². The molecule has 0 aliphatic carbocycles. The second-order valence-corrected chi connectivity index (χ2v) is 5.31. The lowest BCUT2D eigenvalue weighted by Gasteiger charge is -2.22. The van der Waals surface area contributed by atoms with Crippen molar-refractivity contribution in [3.05, 3.63) is 22.6 Å². The molecule has 1 N–H and O–H groups in total. The molecule has 0 radical (unpaired) electrons. The summed E-state index contributed by atoms with van der Waals surface area (Å²) in [6.45, 7) is 4.76. The Labute approximate surface area is 111 Å². The van der Waals surface area contributed by atoms with Crippen molar-refractivity contribution in [2.45, 2.75) is 26.3 Å². The van der Waals surface area contributed by atoms with Gasteiger partial charge >= 0.3 is 0 Å². The number of aryl methyl sites for hydroxylation is 1. The molecule has 18 heavy (non-hydrogen) atoms. The summed E-state index contributed by atoms with van der Waals surface area (Å²) in [6, 6.07) is 2.01. The molecule has 2 aromatic heterocycles. The van der Waals surface area contributed by atoms with Gasteiger partial charge in [-0.25, -0.2) is 4.98 Å². The third-order valence-corrected chi connectivity index (χ3v) is 3.98. The van der Waals surface area contributed by atoms with Gasteiger partial charge in [0, 0.05) is 26.0 Å². The van der Waals surface area contributed by atoms with Crippen LogP contribution in [0, 0.1) is 17.6 Å². The second kappa shape index (κ2) is 4.82. The molecule has 0 spiro atoms. The van der Waals surface area contributed by atoms with Crippen LogP contribution in [0.4, 0.5) is 0 Å². The number of nitrogens with one attached hydrogen (secondary N) is 1. The van der Waals surface area contributed by atoms with Crippen molar-refractivity contribution in [1.82, 2.24) is 14.5 Å². The Balaban J connectivity index is 1.98. The lowest BCUT2D eigenvalue weighted by molar-refractivity contribution is 0.0614. The molecule has 1 aliphatic heterocycles. The summed E-state index contributed by atoms with van der Waals surface area (Å²) < 4.78 is 8.31. The lowest BCUT2D eigenvalue weighted by Crippen LogP contribution is -2.20. The summed E-state index contributed by atoms with van der Waals surface area (Å²) in [5, 5.41) is 0. The number of imidazole rings is 1. The first-order valence-corrected chi connectivity index (χ1v) is 6.78. The normalized spacial score (nSPS) is 17.4. The van der Waals surface area contributed by atoms with E-state index in [2.05, 4.69) is 21.5 Å². The van der Waals surface area contributed by atoms with Crippen LogP contribution in [0.2, 0.25) is 0 Å². The standard InChI is InChI=1S/C13H17N3OS/c1-9-2-5-14-12-11(9)15-13(18)16(12)8-10-3-6-17-7-4-10/h2,5,10H,3-4,6-8H2,1H3,(H,15,18). The second-order valence-electron chi connectivity index (χ2n) is 4.92. The van der Waals surface area contributed by atoms with E-state index in [1.807, 2.05) is 12.3 Å². The highest BCUT2D eigenvalue weighted by Crippen LogP contribution is 2.21. The molecule has 0 saturated carbocycles. The molecule has 0 aromatic carbocycles. The molecule has 96 valence electrons. The Morgan fingerprint density at radius 1 is 1.50 bits per heavy atom. The van der Waals surface area contributed by atoms with E-state index in [0.717, 1.165) is 48.5 Å². The van der Waals surface area contributed by atoms with Gasteiger partial charge in [0.25, 0.3) is 0 Å². The number of nitrogens with zero attached hydrogens (tertiary/aromatic N) is 2. The molecule has 5 heteroatoms. The van der Waals surface area contributed by atoms with Crippen LogP contribution < -0.4 is 0 Å². The van der Waals surface area contributed by atoms with E-state index >= 15 is 0 Å².